The minimum Gasteiger partial charge on any atom is -0.450 e. The lowest BCUT2D eigenvalue weighted by Crippen LogP contribution is -2.50. The van der Waals surface area contributed by atoms with Crippen LogP contribution in [-0.2, 0) is 11.2 Å². The van der Waals surface area contributed by atoms with Crippen molar-refractivity contribution in [2.45, 2.75) is 52.0 Å². The number of nitrogens with one attached hydrogen (secondary N) is 2. The first kappa shape index (κ1) is 20.5. The summed E-state index contributed by atoms with van der Waals surface area (Å²) < 4.78 is 5.10. The number of carbonyl (C=O) groups is 1. The average molecular weight is 387 g/mol. The van der Waals surface area contributed by atoms with E-state index in [-0.39, 0.29) is 6.09 Å². The molecule has 154 valence electrons. The van der Waals surface area contributed by atoms with Crippen LogP contribution in [0, 0.1) is 5.41 Å². The molecule has 1 saturated carbocycles. The number of nitrogens with zero attached hydrogens (tertiary/aromatic N) is 2. The quantitative estimate of drug-likeness (QED) is 0.558. The monoisotopic (exact) mass is 386 g/mol. The van der Waals surface area contributed by atoms with Crippen molar-refractivity contribution in [3.05, 3.63) is 35.9 Å². The SMILES string of the molecule is CCNC(=NCC1(Cc2ccccc2)CC1)NC1CCN(C(=O)OCC)CC1. The van der Waals surface area contributed by atoms with Crippen LogP contribution in [0.5, 0.6) is 0 Å². The van der Waals surface area contributed by atoms with Gasteiger partial charge in [-0.1, -0.05) is 30.3 Å². The number of guanidine groups is 1. The van der Waals surface area contributed by atoms with Gasteiger partial charge in [0.15, 0.2) is 5.96 Å². The molecule has 3 rings (SSSR count). The molecule has 6 nitrogen and oxygen atoms in total. The Morgan fingerprint density at radius 1 is 1.21 bits per heavy atom. The molecule has 1 aromatic rings. The number of ether oxygens (including phenoxy) is 1. The van der Waals surface area contributed by atoms with Gasteiger partial charge in [-0.2, -0.15) is 0 Å². The molecule has 1 aliphatic heterocycles. The summed E-state index contributed by atoms with van der Waals surface area (Å²) in [4.78, 5) is 18.6. The Bertz CT molecular complexity index is 650. The molecule has 1 aromatic carbocycles. The standard InChI is InChI=1S/C22H34N4O2/c1-3-23-20(25-19-10-14-26(15-11-19)21(27)28-4-2)24-17-22(12-13-22)16-18-8-6-5-7-9-18/h5-9,19H,3-4,10-17H2,1-2H3,(H2,23,24,25). The molecule has 0 bridgehead atoms. The molecule has 0 spiro atoms. The van der Waals surface area contributed by atoms with Crippen molar-refractivity contribution < 1.29 is 9.53 Å². The van der Waals surface area contributed by atoms with E-state index in [0.717, 1.165) is 51.4 Å². The van der Waals surface area contributed by atoms with Gasteiger partial charge in [0.05, 0.1) is 6.61 Å². The number of aliphatic imine (C=N–C) groups is 1. The van der Waals surface area contributed by atoms with Gasteiger partial charge in [0, 0.05) is 32.2 Å². The van der Waals surface area contributed by atoms with E-state index in [1.807, 2.05) is 6.92 Å². The zero-order chi connectivity index (χ0) is 19.8. The normalized spacial score (nSPS) is 19.2. The van der Waals surface area contributed by atoms with Crippen molar-refractivity contribution in [2.24, 2.45) is 10.4 Å². The van der Waals surface area contributed by atoms with E-state index < -0.39 is 0 Å². The van der Waals surface area contributed by atoms with Gasteiger partial charge in [0.2, 0.25) is 0 Å². The molecule has 2 N–H and O–H groups in total. The van der Waals surface area contributed by atoms with Crippen LogP contribution in [0.1, 0.15) is 45.1 Å². The number of hydrogen-bond acceptors (Lipinski definition) is 3. The summed E-state index contributed by atoms with van der Waals surface area (Å²) in [7, 11) is 0. The second kappa shape index (κ2) is 9.80. The fourth-order valence-corrected chi connectivity index (χ4v) is 3.78. The highest BCUT2D eigenvalue weighted by atomic mass is 16.6. The predicted octanol–water partition coefficient (Wildman–Crippen LogP) is 3.19. The van der Waals surface area contributed by atoms with Crippen molar-refractivity contribution >= 4 is 12.1 Å². The molecule has 2 aliphatic rings. The van der Waals surface area contributed by atoms with Gasteiger partial charge in [0.1, 0.15) is 0 Å². The first-order chi connectivity index (χ1) is 13.6. The van der Waals surface area contributed by atoms with Crippen LogP contribution >= 0.6 is 0 Å². The van der Waals surface area contributed by atoms with Gasteiger partial charge in [-0.3, -0.25) is 4.99 Å². The lowest BCUT2D eigenvalue weighted by molar-refractivity contribution is 0.0963. The molecular weight excluding hydrogens is 352 g/mol. The fraction of sp³-hybridized carbons (Fsp3) is 0.636. The summed E-state index contributed by atoms with van der Waals surface area (Å²) in [6, 6.07) is 11.1. The number of likely N-dealkylation sites (tertiary alicyclic amines) is 1. The zero-order valence-electron chi connectivity index (χ0n) is 17.2. The van der Waals surface area contributed by atoms with Crippen LogP contribution in [0.3, 0.4) is 0 Å². The predicted molar refractivity (Wildman–Crippen MR) is 113 cm³/mol. The van der Waals surface area contributed by atoms with Gasteiger partial charge in [-0.05, 0) is 56.9 Å². The number of rotatable bonds is 7. The van der Waals surface area contributed by atoms with Crippen molar-refractivity contribution in [3.63, 3.8) is 0 Å². The molecule has 2 fully saturated rings. The first-order valence-corrected chi connectivity index (χ1v) is 10.6. The van der Waals surface area contributed by atoms with Gasteiger partial charge in [-0.15, -0.1) is 0 Å². The molecule has 0 radical (unpaired) electrons. The van der Waals surface area contributed by atoms with Crippen LogP contribution < -0.4 is 10.6 Å². The van der Waals surface area contributed by atoms with Gasteiger partial charge >= 0.3 is 6.09 Å². The van der Waals surface area contributed by atoms with Crippen LogP contribution in [0.2, 0.25) is 0 Å². The number of benzene rings is 1. The smallest absolute Gasteiger partial charge is 0.409 e. The Hall–Kier alpha value is -2.24. The molecule has 0 unspecified atom stereocenters. The van der Waals surface area contributed by atoms with Gasteiger partial charge in [0.25, 0.3) is 0 Å². The summed E-state index contributed by atoms with van der Waals surface area (Å²) in [5, 5.41) is 6.95. The Balaban J connectivity index is 1.50. The van der Waals surface area contributed by atoms with Crippen LogP contribution in [0.15, 0.2) is 35.3 Å². The summed E-state index contributed by atoms with van der Waals surface area (Å²) >= 11 is 0. The maximum absolute atomic E-state index is 11.8. The molecule has 6 heteroatoms. The van der Waals surface area contributed by atoms with Crippen LogP contribution in [0.25, 0.3) is 0 Å². The third kappa shape index (κ3) is 5.88. The third-order valence-electron chi connectivity index (χ3n) is 5.66. The highest BCUT2D eigenvalue weighted by molar-refractivity contribution is 5.80. The molecule has 0 atom stereocenters. The Kier molecular flexibility index (Phi) is 7.18. The Morgan fingerprint density at radius 2 is 1.93 bits per heavy atom. The number of amides is 1. The first-order valence-electron chi connectivity index (χ1n) is 10.6. The van der Waals surface area contributed by atoms with Crippen molar-refractivity contribution in [1.29, 1.82) is 0 Å². The molecule has 1 saturated heterocycles. The van der Waals surface area contributed by atoms with E-state index in [0.29, 0.717) is 18.1 Å². The second-order valence-corrected chi connectivity index (χ2v) is 7.96. The van der Waals surface area contributed by atoms with E-state index in [1.54, 1.807) is 4.90 Å². The third-order valence-corrected chi connectivity index (χ3v) is 5.66. The molecular formula is C22H34N4O2. The highest BCUT2D eigenvalue weighted by Crippen LogP contribution is 2.48. The second-order valence-electron chi connectivity index (χ2n) is 7.96. The minimum absolute atomic E-state index is 0.196. The zero-order valence-corrected chi connectivity index (χ0v) is 17.2. The lowest BCUT2D eigenvalue weighted by Gasteiger charge is -2.32. The number of hydrogen-bond donors (Lipinski definition) is 2. The lowest BCUT2D eigenvalue weighted by atomic mass is 9.97. The number of carbonyl (C=O) groups excluding carboxylic acids is 1. The topological polar surface area (TPSA) is 66.0 Å². The maximum Gasteiger partial charge on any atom is 0.409 e. The molecule has 0 aromatic heterocycles. The van der Waals surface area contributed by atoms with E-state index in [9.17, 15) is 4.79 Å². The van der Waals surface area contributed by atoms with Crippen molar-refractivity contribution in [1.82, 2.24) is 15.5 Å². The molecule has 1 aliphatic carbocycles. The number of piperidine rings is 1. The van der Waals surface area contributed by atoms with Crippen molar-refractivity contribution in [2.75, 3.05) is 32.8 Å². The Labute approximate surface area is 168 Å². The van der Waals surface area contributed by atoms with Crippen molar-refractivity contribution in [3.8, 4) is 0 Å². The van der Waals surface area contributed by atoms with E-state index in [4.69, 9.17) is 9.73 Å². The van der Waals surface area contributed by atoms with E-state index in [2.05, 4.69) is 47.9 Å². The molecule has 28 heavy (non-hydrogen) atoms. The largest absolute Gasteiger partial charge is 0.450 e. The average Bonchev–Trinajstić information content (AvgIpc) is 3.47. The maximum atomic E-state index is 11.8. The molecule has 1 heterocycles. The highest BCUT2D eigenvalue weighted by Gasteiger charge is 2.42. The minimum atomic E-state index is -0.196. The van der Waals surface area contributed by atoms with E-state index in [1.165, 1.54) is 18.4 Å². The van der Waals surface area contributed by atoms with Gasteiger partial charge < -0.3 is 20.3 Å². The molecule has 1 amide bonds. The summed E-state index contributed by atoms with van der Waals surface area (Å²) in [5.41, 5.74) is 1.73. The summed E-state index contributed by atoms with van der Waals surface area (Å²) in [6.45, 7) is 7.53. The Morgan fingerprint density at radius 3 is 2.54 bits per heavy atom. The van der Waals surface area contributed by atoms with Crippen LogP contribution in [0.4, 0.5) is 4.79 Å². The van der Waals surface area contributed by atoms with Gasteiger partial charge in [-0.25, -0.2) is 4.79 Å². The summed E-state index contributed by atoms with van der Waals surface area (Å²) in [6.07, 6.45) is 5.25. The van der Waals surface area contributed by atoms with E-state index >= 15 is 0 Å². The van der Waals surface area contributed by atoms with Crippen LogP contribution in [-0.4, -0.2) is 55.8 Å². The fourth-order valence-electron chi connectivity index (χ4n) is 3.78. The summed E-state index contributed by atoms with van der Waals surface area (Å²) in [5.74, 6) is 0.899.